The predicted octanol–water partition coefficient (Wildman–Crippen LogP) is 3.43. The van der Waals surface area contributed by atoms with Crippen molar-refractivity contribution in [3.63, 3.8) is 0 Å². The standard InChI is InChI=1S/C16H19N3O.C2H6/c1-11(12-6-4-3-5-7-12)18-16(20)14-8-13(14)15-9-19(2)10-17-15;1-2/h3-7,9-11,13-14H,8H2,1-2H3,(H,18,20);1-2H3. The fourth-order valence-electron chi connectivity index (χ4n) is 2.58. The Bertz CT molecular complexity index is 606. The molecule has 0 saturated heterocycles. The summed E-state index contributed by atoms with van der Waals surface area (Å²) >= 11 is 0. The topological polar surface area (TPSA) is 46.9 Å². The van der Waals surface area contributed by atoms with Crippen LogP contribution in [0.2, 0.25) is 0 Å². The van der Waals surface area contributed by atoms with Gasteiger partial charge in [0.25, 0.3) is 0 Å². The Morgan fingerprint density at radius 2 is 2.00 bits per heavy atom. The van der Waals surface area contributed by atoms with E-state index in [0.29, 0.717) is 5.92 Å². The zero-order chi connectivity index (χ0) is 16.1. The van der Waals surface area contributed by atoms with Crippen LogP contribution in [0, 0.1) is 5.92 Å². The van der Waals surface area contributed by atoms with Crippen LogP contribution in [0.15, 0.2) is 42.9 Å². The third-order valence-corrected chi connectivity index (χ3v) is 3.89. The summed E-state index contributed by atoms with van der Waals surface area (Å²) in [4.78, 5) is 16.6. The zero-order valence-electron chi connectivity index (χ0n) is 13.8. The van der Waals surface area contributed by atoms with Gasteiger partial charge in [-0.05, 0) is 18.9 Å². The molecule has 1 aromatic carbocycles. The molecule has 1 fully saturated rings. The molecule has 1 aromatic heterocycles. The smallest absolute Gasteiger partial charge is 0.224 e. The van der Waals surface area contributed by atoms with E-state index in [1.165, 1.54) is 0 Å². The highest BCUT2D eigenvalue weighted by Gasteiger charge is 2.45. The summed E-state index contributed by atoms with van der Waals surface area (Å²) in [5.41, 5.74) is 2.16. The zero-order valence-corrected chi connectivity index (χ0v) is 13.8. The number of hydrogen-bond acceptors (Lipinski definition) is 2. The Balaban J connectivity index is 0.000000847. The molecule has 4 nitrogen and oxygen atoms in total. The van der Waals surface area contributed by atoms with Crippen LogP contribution in [0.5, 0.6) is 0 Å². The fraction of sp³-hybridized carbons (Fsp3) is 0.444. The number of carbonyl (C=O) groups is 1. The Kier molecular flexibility index (Phi) is 5.36. The van der Waals surface area contributed by atoms with Crippen molar-refractivity contribution in [2.75, 3.05) is 0 Å². The van der Waals surface area contributed by atoms with Gasteiger partial charge in [0, 0.05) is 25.1 Å². The van der Waals surface area contributed by atoms with Gasteiger partial charge in [-0.25, -0.2) is 4.98 Å². The van der Waals surface area contributed by atoms with Crippen molar-refractivity contribution in [1.29, 1.82) is 0 Å². The van der Waals surface area contributed by atoms with Gasteiger partial charge in [0.1, 0.15) is 0 Å². The SMILES string of the molecule is CC.CC(NC(=O)C1CC1c1cn(C)cn1)c1ccccc1. The maximum absolute atomic E-state index is 12.2. The van der Waals surface area contributed by atoms with Gasteiger partial charge in [0.05, 0.1) is 18.1 Å². The van der Waals surface area contributed by atoms with E-state index in [1.54, 1.807) is 6.33 Å². The van der Waals surface area contributed by atoms with E-state index in [2.05, 4.69) is 10.3 Å². The highest BCUT2D eigenvalue weighted by Crippen LogP contribution is 2.47. The number of rotatable bonds is 4. The summed E-state index contributed by atoms with van der Waals surface area (Å²) in [6.07, 6.45) is 4.69. The van der Waals surface area contributed by atoms with Crippen LogP contribution < -0.4 is 5.32 Å². The molecule has 118 valence electrons. The average Bonchev–Trinajstić information content (AvgIpc) is 3.25. The van der Waals surface area contributed by atoms with E-state index in [0.717, 1.165) is 17.7 Å². The van der Waals surface area contributed by atoms with Crippen molar-refractivity contribution >= 4 is 5.91 Å². The van der Waals surface area contributed by atoms with Crippen molar-refractivity contribution in [1.82, 2.24) is 14.9 Å². The molecule has 22 heavy (non-hydrogen) atoms. The molecule has 0 bridgehead atoms. The van der Waals surface area contributed by atoms with Gasteiger partial charge in [-0.15, -0.1) is 0 Å². The second kappa shape index (κ2) is 7.25. The lowest BCUT2D eigenvalue weighted by atomic mass is 10.1. The maximum Gasteiger partial charge on any atom is 0.224 e. The summed E-state index contributed by atoms with van der Waals surface area (Å²) in [7, 11) is 1.95. The Morgan fingerprint density at radius 1 is 1.32 bits per heavy atom. The number of aryl methyl sites for hydroxylation is 1. The van der Waals surface area contributed by atoms with Gasteiger partial charge >= 0.3 is 0 Å². The highest BCUT2D eigenvalue weighted by molar-refractivity contribution is 5.83. The second-order valence-electron chi connectivity index (χ2n) is 5.55. The number of benzene rings is 1. The van der Waals surface area contributed by atoms with Crippen LogP contribution in [-0.2, 0) is 11.8 Å². The molecular formula is C18H25N3O. The number of carbonyl (C=O) groups excluding carboxylic acids is 1. The monoisotopic (exact) mass is 299 g/mol. The first-order chi connectivity index (χ1) is 10.6. The van der Waals surface area contributed by atoms with Crippen molar-refractivity contribution in [3.8, 4) is 0 Å². The lowest BCUT2D eigenvalue weighted by molar-refractivity contribution is -0.123. The maximum atomic E-state index is 12.2. The molecule has 4 heteroatoms. The van der Waals surface area contributed by atoms with Gasteiger partial charge in [-0.3, -0.25) is 4.79 Å². The first-order valence-corrected chi connectivity index (χ1v) is 7.98. The number of aromatic nitrogens is 2. The molecule has 1 amide bonds. The van der Waals surface area contributed by atoms with Crippen LogP contribution >= 0.6 is 0 Å². The first kappa shape index (κ1) is 16.3. The lowest BCUT2D eigenvalue weighted by Gasteiger charge is -2.14. The minimum Gasteiger partial charge on any atom is -0.349 e. The number of nitrogens with zero attached hydrogens (tertiary/aromatic N) is 2. The summed E-state index contributed by atoms with van der Waals surface area (Å²) in [5, 5.41) is 3.09. The van der Waals surface area contributed by atoms with Crippen LogP contribution in [0.1, 0.15) is 50.4 Å². The van der Waals surface area contributed by atoms with Crippen molar-refractivity contribution < 1.29 is 4.79 Å². The predicted molar refractivity (Wildman–Crippen MR) is 88.4 cm³/mol. The van der Waals surface area contributed by atoms with Crippen LogP contribution in [0.4, 0.5) is 0 Å². The lowest BCUT2D eigenvalue weighted by Crippen LogP contribution is -2.28. The minimum absolute atomic E-state index is 0.0497. The number of amides is 1. The molecule has 0 spiro atoms. The molecule has 1 saturated carbocycles. The van der Waals surface area contributed by atoms with E-state index in [9.17, 15) is 4.79 Å². The summed E-state index contributed by atoms with van der Waals surface area (Å²) in [5.74, 6) is 0.507. The van der Waals surface area contributed by atoms with Gasteiger partial charge in [-0.2, -0.15) is 0 Å². The molecule has 3 unspecified atom stereocenters. The molecule has 0 radical (unpaired) electrons. The van der Waals surface area contributed by atoms with Crippen LogP contribution in [0.25, 0.3) is 0 Å². The van der Waals surface area contributed by atoms with E-state index in [4.69, 9.17) is 0 Å². The van der Waals surface area contributed by atoms with Crippen molar-refractivity contribution in [3.05, 3.63) is 54.1 Å². The second-order valence-corrected chi connectivity index (χ2v) is 5.55. The molecule has 3 atom stereocenters. The van der Waals surface area contributed by atoms with Gasteiger partial charge < -0.3 is 9.88 Å². The van der Waals surface area contributed by atoms with E-state index < -0.39 is 0 Å². The Morgan fingerprint density at radius 3 is 2.59 bits per heavy atom. The Labute approximate surface area is 132 Å². The molecular weight excluding hydrogens is 274 g/mol. The van der Waals surface area contributed by atoms with E-state index >= 15 is 0 Å². The van der Waals surface area contributed by atoms with Gasteiger partial charge in [-0.1, -0.05) is 44.2 Å². The van der Waals surface area contributed by atoms with Crippen LogP contribution in [-0.4, -0.2) is 15.5 Å². The number of nitrogens with one attached hydrogen (secondary N) is 1. The third kappa shape index (κ3) is 3.75. The van der Waals surface area contributed by atoms with Crippen LogP contribution in [0.3, 0.4) is 0 Å². The van der Waals surface area contributed by atoms with Crippen molar-refractivity contribution in [2.45, 2.75) is 39.2 Å². The van der Waals surface area contributed by atoms with Gasteiger partial charge in [0.15, 0.2) is 0 Å². The Hall–Kier alpha value is -2.10. The first-order valence-electron chi connectivity index (χ1n) is 7.98. The average molecular weight is 299 g/mol. The number of hydrogen-bond donors (Lipinski definition) is 1. The molecule has 1 aliphatic carbocycles. The van der Waals surface area contributed by atoms with E-state index in [1.807, 2.05) is 68.9 Å². The van der Waals surface area contributed by atoms with Crippen molar-refractivity contribution in [2.24, 2.45) is 13.0 Å². The third-order valence-electron chi connectivity index (χ3n) is 3.89. The summed E-state index contributed by atoms with van der Waals surface area (Å²) < 4.78 is 1.93. The van der Waals surface area contributed by atoms with Gasteiger partial charge in [0.2, 0.25) is 5.91 Å². The highest BCUT2D eigenvalue weighted by atomic mass is 16.2. The molecule has 2 aromatic rings. The number of imidazole rings is 1. The largest absolute Gasteiger partial charge is 0.349 e. The summed E-state index contributed by atoms with van der Waals surface area (Å²) in [6, 6.07) is 10.1. The molecule has 3 rings (SSSR count). The minimum atomic E-state index is 0.0497. The molecule has 0 aliphatic heterocycles. The molecule has 1 aliphatic rings. The molecule has 1 heterocycles. The normalized spacial score (nSPS) is 20.5. The molecule has 1 N–H and O–H groups in total. The fourth-order valence-corrected chi connectivity index (χ4v) is 2.58. The summed E-state index contributed by atoms with van der Waals surface area (Å²) in [6.45, 7) is 6.02. The quantitative estimate of drug-likeness (QED) is 0.940. The van der Waals surface area contributed by atoms with E-state index in [-0.39, 0.29) is 17.9 Å².